The van der Waals surface area contributed by atoms with Gasteiger partial charge in [-0.2, -0.15) is 0 Å². The number of likely N-dealkylation sites (tertiary alicyclic amines) is 1. The standard InChI is InChI=1S/C16H31N3O/c1-17-16(20)13-19-10-8-15(9-11-19)18-12-14-6-4-2-3-5-7-14/h14-15,18H,2-13H2,1H3,(H,17,20). The van der Waals surface area contributed by atoms with Gasteiger partial charge >= 0.3 is 0 Å². The highest BCUT2D eigenvalue weighted by Gasteiger charge is 2.21. The molecule has 1 aliphatic heterocycles. The summed E-state index contributed by atoms with van der Waals surface area (Å²) in [5.74, 6) is 1.04. The van der Waals surface area contributed by atoms with Crippen LogP contribution in [0.25, 0.3) is 0 Å². The number of hydrogen-bond acceptors (Lipinski definition) is 3. The zero-order chi connectivity index (χ0) is 14.2. The van der Waals surface area contributed by atoms with E-state index in [0.29, 0.717) is 12.6 Å². The summed E-state index contributed by atoms with van der Waals surface area (Å²) in [6, 6.07) is 0.666. The van der Waals surface area contributed by atoms with E-state index in [2.05, 4.69) is 15.5 Å². The predicted molar refractivity (Wildman–Crippen MR) is 82.7 cm³/mol. The Morgan fingerprint density at radius 2 is 1.70 bits per heavy atom. The van der Waals surface area contributed by atoms with Crippen molar-refractivity contribution in [1.29, 1.82) is 0 Å². The molecule has 0 aromatic carbocycles. The summed E-state index contributed by atoms with van der Waals surface area (Å²) < 4.78 is 0. The molecule has 0 spiro atoms. The Morgan fingerprint density at radius 3 is 2.30 bits per heavy atom. The molecule has 1 saturated carbocycles. The van der Waals surface area contributed by atoms with Gasteiger partial charge in [0.2, 0.25) is 5.91 Å². The van der Waals surface area contributed by atoms with Crippen LogP contribution in [0.5, 0.6) is 0 Å². The first kappa shape index (κ1) is 15.8. The van der Waals surface area contributed by atoms with Crippen molar-refractivity contribution in [1.82, 2.24) is 15.5 Å². The fourth-order valence-corrected chi connectivity index (χ4v) is 3.48. The average molecular weight is 281 g/mol. The van der Waals surface area contributed by atoms with Gasteiger partial charge in [-0.05, 0) is 38.1 Å². The number of rotatable bonds is 5. The molecule has 0 bridgehead atoms. The zero-order valence-electron chi connectivity index (χ0n) is 13.0. The number of likely N-dealkylation sites (N-methyl/N-ethyl adjacent to an activating group) is 1. The van der Waals surface area contributed by atoms with Gasteiger partial charge in [0.15, 0.2) is 0 Å². The molecule has 2 N–H and O–H groups in total. The molecule has 1 amide bonds. The van der Waals surface area contributed by atoms with Crippen molar-refractivity contribution in [3.05, 3.63) is 0 Å². The largest absolute Gasteiger partial charge is 0.358 e. The lowest BCUT2D eigenvalue weighted by molar-refractivity contribution is -0.122. The topological polar surface area (TPSA) is 44.4 Å². The maximum absolute atomic E-state index is 11.4. The molecule has 1 saturated heterocycles. The van der Waals surface area contributed by atoms with Crippen LogP contribution in [0.1, 0.15) is 51.4 Å². The highest BCUT2D eigenvalue weighted by atomic mass is 16.1. The number of carbonyl (C=O) groups excluding carboxylic acids is 1. The number of nitrogens with zero attached hydrogens (tertiary/aromatic N) is 1. The molecule has 0 aromatic heterocycles. The molecule has 116 valence electrons. The fourth-order valence-electron chi connectivity index (χ4n) is 3.48. The van der Waals surface area contributed by atoms with E-state index in [9.17, 15) is 4.79 Å². The molecular formula is C16H31N3O. The van der Waals surface area contributed by atoms with Crippen molar-refractivity contribution in [3.8, 4) is 0 Å². The summed E-state index contributed by atoms with van der Waals surface area (Å²) in [6.45, 7) is 3.87. The van der Waals surface area contributed by atoms with Crippen LogP contribution in [0.4, 0.5) is 0 Å². The summed E-state index contributed by atoms with van der Waals surface area (Å²) >= 11 is 0. The van der Waals surface area contributed by atoms with Crippen molar-refractivity contribution < 1.29 is 4.79 Å². The molecule has 0 unspecified atom stereocenters. The lowest BCUT2D eigenvalue weighted by Crippen LogP contribution is -2.46. The Hall–Kier alpha value is -0.610. The molecule has 2 rings (SSSR count). The van der Waals surface area contributed by atoms with Crippen LogP contribution in [0.2, 0.25) is 0 Å². The lowest BCUT2D eigenvalue weighted by Gasteiger charge is -2.32. The van der Waals surface area contributed by atoms with E-state index in [0.717, 1.165) is 19.0 Å². The molecule has 1 heterocycles. The lowest BCUT2D eigenvalue weighted by atomic mass is 9.98. The first-order valence-electron chi connectivity index (χ1n) is 8.44. The second-order valence-electron chi connectivity index (χ2n) is 6.49. The number of hydrogen-bond donors (Lipinski definition) is 2. The Kier molecular flexibility index (Phi) is 6.80. The van der Waals surface area contributed by atoms with Crippen LogP contribution in [0, 0.1) is 5.92 Å². The molecule has 0 atom stereocenters. The average Bonchev–Trinajstić information content (AvgIpc) is 2.75. The van der Waals surface area contributed by atoms with Gasteiger partial charge in [0.05, 0.1) is 6.54 Å². The van der Waals surface area contributed by atoms with E-state index in [1.54, 1.807) is 7.05 Å². The summed E-state index contributed by atoms with van der Waals surface area (Å²) in [6.07, 6.45) is 10.9. The number of piperidine rings is 1. The Labute approximate surface area is 123 Å². The van der Waals surface area contributed by atoms with E-state index >= 15 is 0 Å². The Bertz CT molecular complexity index is 279. The smallest absolute Gasteiger partial charge is 0.233 e. The third kappa shape index (κ3) is 5.41. The SMILES string of the molecule is CNC(=O)CN1CCC(NCC2CCCCCC2)CC1. The Balaban J connectivity index is 1.60. The molecule has 4 heteroatoms. The van der Waals surface area contributed by atoms with Gasteiger partial charge < -0.3 is 10.6 Å². The highest BCUT2D eigenvalue weighted by Crippen LogP contribution is 2.22. The van der Waals surface area contributed by atoms with Crippen molar-refractivity contribution >= 4 is 5.91 Å². The summed E-state index contributed by atoms with van der Waals surface area (Å²) in [5.41, 5.74) is 0. The van der Waals surface area contributed by atoms with Gasteiger partial charge in [0.25, 0.3) is 0 Å². The van der Waals surface area contributed by atoms with Crippen molar-refractivity contribution in [3.63, 3.8) is 0 Å². The highest BCUT2D eigenvalue weighted by molar-refractivity contribution is 5.77. The quantitative estimate of drug-likeness (QED) is 0.755. The first-order chi connectivity index (χ1) is 9.78. The van der Waals surface area contributed by atoms with E-state index < -0.39 is 0 Å². The molecule has 2 aliphatic rings. The van der Waals surface area contributed by atoms with Crippen LogP contribution >= 0.6 is 0 Å². The van der Waals surface area contributed by atoms with Crippen molar-refractivity contribution in [2.45, 2.75) is 57.4 Å². The van der Waals surface area contributed by atoms with Crippen LogP contribution < -0.4 is 10.6 Å². The van der Waals surface area contributed by atoms with Gasteiger partial charge in [-0.15, -0.1) is 0 Å². The Morgan fingerprint density at radius 1 is 1.05 bits per heavy atom. The monoisotopic (exact) mass is 281 g/mol. The third-order valence-corrected chi connectivity index (χ3v) is 4.90. The maximum Gasteiger partial charge on any atom is 0.233 e. The van der Waals surface area contributed by atoms with Gasteiger partial charge in [-0.1, -0.05) is 25.7 Å². The minimum absolute atomic E-state index is 0.134. The zero-order valence-corrected chi connectivity index (χ0v) is 13.0. The van der Waals surface area contributed by atoms with E-state index in [1.807, 2.05) is 0 Å². The van der Waals surface area contributed by atoms with Crippen LogP contribution in [0.3, 0.4) is 0 Å². The molecule has 0 aromatic rings. The van der Waals surface area contributed by atoms with Gasteiger partial charge in [0, 0.05) is 26.2 Å². The van der Waals surface area contributed by atoms with Crippen LogP contribution in [-0.2, 0) is 4.79 Å². The maximum atomic E-state index is 11.4. The minimum Gasteiger partial charge on any atom is -0.358 e. The van der Waals surface area contributed by atoms with Crippen LogP contribution in [0.15, 0.2) is 0 Å². The molecular weight excluding hydrogens is 250 g/mol. The summed E-state index contributed by atoms with van der Waals surface area (Å²) in [7, 11) is 1.71. The number of carbonyl (C=O) groups is 1. The molecule has 1 aliphatic carbocycles. The first-order valence-corrected chi connectivity index (χ1v) is 8.44. The molecule has 20 heavy (non-hydrogen) atoms. The summed E-state index contributed by atoms with van der Waals surface area (Å²) in [5, 5.41) is 6.48. The van der Waals surface area contributed by atoms with Gasteiger partial charge in [-0.3, -0.25) is 9.69 Å². The predicted octanol–water partition coefficient (Wildman–Crippen LogP) is 1.76. The third-order valence-electron chi connectivity index (χ3n) is 4.90. The van der Waals surface area contributed by atoms with E-state index in [-0.39, 0.29) is 5.91 Å². The second kappa shape index (κ2) is 8.63. The normalized spacial score (nSPS) is 23.4. The van der Waals surface area contributed by atoms with E-state index in [1.165, 1.54) is 57.9 Å². The molecule has 2 fully saturated rings. The van der Waals surface area contributed by atoms with Crippen molar-refractivity contribution in [2.24, 2.45) is 5.92 Å². The van der Waals surface area contributed by atoms with E-state index in [4.69, 9.17) is 0 Å². The second-order valence-corrected chi connectivity index (χ2v) is 6.49. The number of amides is 1. The molecule has 0 radical (unpaired) electrons. The van der Waals surface area contributed by atoms with Crippen molar-refractivity contribution in [2.75, 3.05) is 33.2 Å². The number of nitrogens with one attached hydrogen (secondary N) is 2. The minimum atomic E-state index is 0.134. The summed E-state index contributed by atoms with van der Waals surface area (Å²) in [4.78, 5) is 13.6. The fraction of sp³-hybridized carbons (Fsp3) is 0.938. The van der Waals surface area contributed by atoms with Gasteiger partial charge in [-0.25, -0.2) is 0 Å². The van der Waals surface area contributed by atoms with Crippen LogP contribution in [-0.4, -0.2) is 50.1 Å². The van der Waals surface area contributed by atoms with Gasteiger partial charge in [0.1, 0.15) is 0 Å². The molecule has 4 nitrogen and oxygen atoms in total.